The molecule has 3 rings (SSSR count). The van der Waals surface area contributed by atoms with Crippen molar-refractivity contribution in [3.05, 3.63) is 12.7 Å². The molecule has 0 radical (unpaired) electrons. The van der Waals surface area contributed by atoms with Crippen molar-refractivity contribution < 1.29 is 19.1 Å². The van der Waals surface area contributed by atoms with Crippen molar-refractivity contribution in [2.24, 2.45) is 0 Å². The standard InChI is InChI=1S/C12H18N5O4P/c1-13-11-10-12(15-5-14-11)17(6-16-10)8-2-3-9(4-8)21-7-22(18,19)20/h5-6,8-9H,2-4,7H2,1H3,(H,13,14,15)(H2,18,19,20). The van der Waals surface area contributed by atoms with Crippen LogP contribution in [0.4, 0.5) is 5.82 Å². The van der Waals surface area contributed by atoms with Gasteiger partial charge in [-0.25, -0.2) is 15.0 Å². The molecule has 3 N–H and O–H groups in total. The predicted molar refractivity (Wildman–Crippen MR) is 79.5 cm³/mol. The van der Waals surface area contributed by atoms with Gasteiger partial charge in [0.2, 0.25) is 0 Å². The zero-order valence-electron chi connectivity index (χ0n) is 12.1. The summed E-state index contributed by atoms with van der Waals surface area (Å²) in [6, 6.07) is 0.159. The van der Waals surface area contributed by atoms with Gasteiger partial charge in [0.05, 0.1) is 12.4 Å². The lowest BCUT2D eigenvalue weighted by Crippen LogP contribution is -2.11. The summed E-state index contributed by atoms with van der Waals surface area (Å²) in [5, 5.41) is 2.98. The summed E-state index contributed by atoms with van der Waals surface area (Å²) in [6.45, 7) is 0. The summed E-state index contributed by atoms with van der Waals surface area (Å²) < 4.78 is 18.2. The zero-order valence-corrected chi connectivity index (χ0v) is 13.0. The van der Waals surface area contributed by atoms with Gasteiger partial charge in [-0.15, -0.1) is 0 Å². The Morgan fingerprint density at radius 2 is 2.23 bits per heavy atom. The van der Waals surface area contributed by atoms with Crippen LogP contribution in [0.1, 0.15) is 25.3 Å². The number of hydrogen-bond acceptors (Lipinski definition) is 6. The smallest absolute Gasteiger partial charge is 0.350 e. The van der Waals surface area contributed by atoms with E-state index in [0.717, 1.165) is 18.5 Å². The van der Waals surface area contributed by atoms with Crippen LogP contribution in [0.15, 0.2) is 12.7 Å². The third-order valence-corrected chi connectivity index (χ3v) is 4.31. The molecule has 10 heteroatoms. The van der Waals surface area contributed by atoms with Crippen LogP contribution in [-0.2, 0) is 9.30 Å². The van der Waals surface area contributed by atoms with Crippen molar-refractivity contribution >= 4 is 24.6 Å². The van der Waals surface area contributed by atoms with E-state index in [-0.39, 0.29) is 12.1 Å². The number of fused-ring (bicyclic) bond motifs is 1. The van der Waals surface area contributed by atoms with Crippen LogP contribution in [0.3, 0.4) is 0 Å². The van der Waals surface area contributed by atoms with Crippen LogP contribution >= 0.6 is 7.60 Å². The van der Waals surface area contributed by atoms with Crippen LogP contribution in [0.2, 0.25) is 0 Å². The second-order valence-corrected chi connectivity index (χ2v) is 6.93. The molecule has 0 bridgehead atoms. The fourth-order valence-corrected chi connectivity index (χ4v) is 3.23. The van der Waals surface area contributed by atoms with Crippen molar-refractivity contribution in [2.75, 3.05) is 18.7 Å². The van der Waals surface area contributed by atoms with Crippen LogP contribution in [-0.4, -0.2) is 48.8 Å². The van der Waals surface area contributed by atoms with Crippen LogP contribution in [0.25, 0.3) is 11.2 Å². The fraction of sp³-hybridized carbons (Fsp3) is 0.583. The minimum absolute atomic E-state index is 0.152. The van der Waals surface area contributed by atoms with Crippen LogP contribution in [0.5, 0.6) is 0 Å². The van der Waals surface area contributed by atoms with Gasteiger partial charge in [-0.1, -0.05) is 0 Å². The molecule has 22 heavy (non-hydrogen) atoms. The summed E-state index contributed by atoms with van der Waals surface area (Å²) in [7, 11) is -2.34. The molecule has 1 aliphatic rings. The molecule has 0 aromatic carbocycles. The highest BCUT2D eigenvalue weighted by molar-refractivity contribution is 7.51. The molecule has 0 spiro atoms. The maximum absolute atomic E-state index is 10.9. The highest BCUT2D eigenvalue weighted by atomic mass is 31.2. The molecule has 0 aliphatic heterocycles. The summed E-state index contributed by atoms with van der Waals surface area (Å²) >= 11 is 0. The molecule has 0 amide bonds. The number of rotatable bonds is 5. The number of nitrogens with one attached hydrogen (secondary N) is 1. The van der Waals surface area contributed by atoms with E-state index in [0.29, 0.717) is 17.8 Å². The van der Waals surface area contributed by atoms with Gasteiger partial charge in [0.15, 0.2) is 11.5 Å². The first-order valence-corrected chi connectivity index (χ1v) is 8.79. The van der Waals surface area contributed by atoms with Crippen molar-refractivity contribution in [3.8, 4) is 0 Å². The highest BCUT2D eigenvalue weighted by Crippen LogP contribution is 2.39. The molecule has 9 nitrogen and oxygen atoms in total. The van der Waals surface area contributed by atoms with Gasteiger partial charge < -0.3 is 24.4 Å². The minimum Gasteiger partial charge on any atom is -0.371 e. The Bertz CT molecular complexity index is 715. The topological polar surface area (TPSA) is 122 Å². The van der Waals surface area contributed by atoms with Crippen LogP contribution < -0.4 is 5.32 Å². The largest absolute Gasteiger partial charge is 0.371 e. The Balaban J connectivity index is 1.75. The normalized spacial score (nSPS) is 22.3. The van der Waals surface area contributed by atoms with E-state index in [1.807, 2.05) is 4.57 Å². The van der Waals surface area contributed by atoms with E-state index in [2.05, 4.69) is 20.3 Å². The Morgan fingerprint density at radius 1 is 1.41 bits per heavy atom. The second kappa shape index (κ2) is 5.92. The third-order valence-electron chi connectivity index (χ3n) is 3.82. The second-order valence-electron chi connectivity index (χ2n) is 5.35. The number of aromatic nitrogens is 4. The third kappa shape index (κ3) is 3.12. The van der Waals surface area contributed by atoms with Crippen molar-refractivity contribution in [1.82, 2.24) is 19.5 Å². The average Bonchev–Trinajstić information content (AvgIpc) is 3.10. The Morgan fingerprint density at radius 3 is 2.95 bits per heavy atom. The minimum atomic E-state index is -4.12. The van der Waals surface area contributed by atoms with Crippen molar-refractivity contribution in [3.63, 3.8) is 0 Å². The molecule has 2 aromatic heterocycles. The van der Waals surface area contributed by atoms with E-state index >= 15 is 0 Å². The van der Waals surface area contributed by atoms with Gasteiger partial charge in [-0.2, -0.15) is 0 Å². The summed E-state index contributed by atoms with van der Waals surface area (Å²) in [5.41, 5.74) is 1.46. The quantitative estimate of drug-likeness (QED) is 0.698. The fourth-order valence-electron chi connectivity index (χ4n) is 2.83. The van der Waals surface area contributed by atoms with Crippen LogP contribution in [0, 0.1) is 0 Å². The van der Waals surface area contributed by atoms with E-state index < -0.39 is 13.9 Å². The first-order valence-electron chi connectivity index (χ1n) is 6.99. The maximum Gasteiger partial charge on any atom is 0.350 e. The highest BCUT2D eigenvalue weighted by Gasteiger charge is 2.29. The lowest BCUT2D eigenvalue weighted by molar-refractivity contribution is 0.0777. The zero-order chi connectivity index (χ0) is 15.7. The number of anilines is 1. The number of ether oxygens (including phenoxy) is 1. The average molecular weight is 327 g/mol. The molecule has 1 saturated carbocycles. The molecule has 2 aromatic rings. The Hall–Kier alpha value is -1.54. The molecule has 0 saturated heterocycles. The van der Waals surface area contributed by atoms with Crippen molar-refractivity contribution in [2.45, 2.75) is 31.4 Å². The van der Waals surface area contributed by atoms with Gasteiger partial charge in [0.1, 0.15) is 18.2 Å². The molecule has 2 heterocycles. The van der Waals surface area contributed by atoms with Gasteiger partial charge >= 0.3 is 7.60 Å². The van der Waals surface area contributed by atoms with Gasteiger partial charge in [-0.05, 0) is 19.3 Å². The summed E-state index contributed by atoms with van der Waals surface area (Å²) in [5.74, 6) is 0.677. The first-order chi connectivity index (χ1) is 10.5. The monoisotopic (exact) mass is 327 g/mol. The molecular formula is C12H18N5O4P. The van der Waals surface area contributed by atoms with E-state index in [1.54, 1.807) is 13.4 Å². The lowest BCUT2D eigenvalue weighted by Gasteiger charge is -2.14. The SMILES string of the molecule is CNc1ncnc2c1ncn2C1CCC(OCP(=O)(O)O)C1. The van der Waals surface area contributed by atoms with Gasteiger partial charge in [-0.3, -0.25) is 4.57 Å². The van der Waals surface area contributed by atoms with E-state index in [4.69, 9.17) is 14.5 Å². The molecule has 2 atom stereocenters. The van der Waals surface area contributed by atoms with Gasteiger partial charge in [0, 0.05) is 13.1 Å². The molecule has 1 aliphatic carbocycles. The summed E-state index contributed by atoms with van der Waals surface area (Å²) in [4.78, 5) is 30.5. The van der Waals surface area contributed by atoms with Gasteiger partial charge in [0.25, 0.3) is 0 Å². The Labute approximate surface area is 126 Å². The molecular weight excluding hydrogens is 309 g/mol. The Kier molecular flexibility index (Phi) is 4.14. The summed E-state index contributed by atoms with van der Waals surface area (Å²) in [6.07, 6.45) is 4.84. The molecule has 2 unspecified atom stereocenters. The molecule has 1 fully saturated rings. The maximum atomic E-state index is 10.9. The lowest BCUT2D eigenvalue weighted by atomic mass is 10.2. The number of imidazole rings is 1. The predicted octanol–water partition coefficient (Wildman–Crippen LogP) is 1.11. The first kappa shape index (κ1) is 15.4. The number of nitrogens with zero attached hydrogens (tertiary/aromatic N) is 4. The van der Waals surface area contributed by atoms with Crippen molar-refractivity contribution in [1.29, 1.82) is 0 Å². The van der Waals surface area contributed by atoms with E-state index in [1.165, 1.54) is 6.33 Å². The molecule has 120 valence electrons. The number of hydrogen-bond donors (Lipinski definition) is 3. The van der Waals surface area contributed by atoms with E-state index in [9.17, 15) is 4.57 Å².